The summed E-state index contributed by atoms with van der Waals surface area (Å²) in [6, 6.07) is 9.17. The fraction of sp³-hybridized carbons (Fsp3) is 0.133. The molecule has 0 aliphatic rings. The number of aryl methyl sites for hydroxylation is 1. The van der Waals surface area contributed by atoms with E-state index in [1.807, 2.05) is 17.3 Å². The van der Waals surface area contributed by atoms with Gasteiger partial charge in [0.15, 0.2) is 11.4 Å². The summed E-state index contributed by atoms with van der Waals surface area (Å²) >= 11 is 8.47. The van der Waals surface area contributed by atoms with Gasteiger partial charge in [-0.1, -0.05) is 17.7 Å². The number of rotatable bonds is 4. The Kier molecular flexibility index (Phi) is 5.09. The number of imidazole rings is 1. The lowest BCUT2D eigenvalue weighted by atomic mass is 10.2. The van der Waals surface area contributed by atoms with E-state index < -0.39 is 0 Å². The monoisotopic (exact) mass is 471 g/mol. The maximum atomic E-state index is 9.22. The highest BCUT2D eigenvalue weighted by atomic mass is 127. The molecule has 1 aromatic carbocycles. The van der Waals surface area contributed by atoms with Crippen molar-refractivity contribution >= 4 is 62.6 Å². The number of fused-ring (bicyclic) bond motifs is 1. The van der Waals surface area contributed by atoms with Gasteiger partial charge in [0.05, 0.1) is 30.4 Å². The Hall–Kier alpha value is -1.62. The van der Waals surface area contributed by atoms with Crippen molar-refractivity contribution in [2.24, 2.45) is 0 Å². The van der Waals surface area contributed by atoms with Gasteiger partial charge in [0, 0.05) is 6.07 Å². The largest absolute Gasteiger partial charge is 0.493 e. The Balaban J connectivity index is 2.17. The van der Waals surface area contributed by atoms with Crippen LogP contribution in [0.25, 0.3) is 11.2 Å². The highest BCUT2D eigenvalue weighted by molar-refractivity contribution is 14.2. The molecule has 122 valence electrons. The van der Waals surface area contributed by atoms with Crippen LogP contribution >= 0.6 is 40.0 Å². The molecule has 3 aromatic rings. The van der Waals surface area contributed by atoms with Crippen LogP contribution in [0.2, 0.25) is 5.15 Å². The molecule has 2 aromatic heterocycles. The molecule has 0 aliphatic carbocycles. The highest BCUT2D eigenvalue weighted by Crippen LogP contribution is 2.37. The van der Waals surface area contributed by atoms with Crippen LogP contribution in [-0.2, 0) is 0 Å². The van der Waals surface area contributed by atoms with Crippen molar-refractivity contribution in [2.75, 3.05) is 12.4 Å². The zero-order valence-electron chi connectivity index (χ0n) is 12.8. The zero-order chi connectivity index (χ0) is 17.3. The minimum atomic E-state index is 0.371. The van der Waals surface area contributed by atoms with Gasteiger partial charge >= 0.3 is 0 Å². The Morgan fingerprint density at radius 2 is 2.17 bits per heavy atom. The predicted octanol–water partition coefficient (Wildman–Crippen LogP) is 4.81. The minimum absolute atomic E-state index is 0.371. The predicted molar refractivity (Wildman–Crippen MR) is 106 cm³/mol. The van der Waals surface area contributed by atoms with Crippen molar-refractivity contribution in [3.8, 4) is 11.8 Å². The van der Waals surface area contributed by atoms with Gasteiger partial charge in [0.25, 0.3) is 0 Å². The third-order valence-corrected chi connectivity index (χ3v) is 5.79. The van der Waals surface area contributed by atoms with Crippen LogP contribution < -0.4 is 10.1 Å². The Labute approximate surface area is 158 Å². The van der Waals surface area contributed by atoms with Gasteiger partial charge in [-0.2, -0.15) is 5.26 Å². The lowest BCUT2D eigenvalue weighted by Crippen LogP contribution is -1.98. The first-order valence-electron chi connectivity index (χ1n) is 6.85. The minimum Gasteiger partial charge on any atom is -0.493 e. The highest BCUT2D eigenvalue weighted by Gasteiger charge is 2.16. The van der Waals surface area contributed by atoms with Crippen molar-refractivity contribution in [1.82, 2.24) is 14.3 Å². The second kappa shape index (κ2) is 7.09. The van der Waals surface area contributed by atoms with Crippen LogP contribution in [0, 0.1) is 18.3 Å². The number of hydrogen-bond donors (Lipinski definition) is 1. The molecule has 1 N–H and O–H groups in total. The molecular formula is C15H12ClIN5OP. The number of hydrogen-bond acceptors (Lipinski definition) is 5. The molecule has 24 heavy (non-hydrogen) atoms. The molecule has 1 unspecified atom stereocenters. The first-order chi connectivity index (χ1) is 11.6. The van der Waals surface area contributed by atoms with Gasteiger partial charge in [-0.3, -0.25) is 4.34 Å². The van der Waals surface area contributed by atoms with E-state index in [1.165, 1.54) is 7.11 Å². The van der Waals surface area contributed by atoms with Crippen molar-refractivity contribution < 1.29 is 4.74 Å². The quantitative estimate of drug-likeness (QED) is 0.336. The Morgan fingerprint density at radius 1 is 1.38 bits per heavy atom. The number of benzene rings is 1. The number of anilines is 2. The number of nitriles is 1. The molecule has 6 nitrogen and oxygen atoms in total. The van der Waals surface area contributed by atoms with E-state index in [4.69, 9.17) is 16.3 Å². The van der Waals surface area contributed by atoms with Crippen LogP contribution in [-0.4, -0.2) is 21.4 Å². The van der Waals surface area contributed by atoms with Crippen LogP contribution in [0.15, 0.2) is 24.3 Å². The van der Waals surface area contributed by atoms with E-state index in [2.05, 4.69) is 43.4 Å². The number of ether oxygens (including phenoxy) is 1. The normalized spacial score (nSPS) is 11.1. The fourth-order valence-electron chi connectivity index (χ4n) is 2.41. The average Bonchev–Trinajstić information content (AvgIpc) is 2.89. The van der Waals surface area contributed by atoms with Gasteiger partial charge in [0.2, 0.25) is 0 Å². The molecule has 0 saturated heterocycles. The summed E-state index contributed by atoms with van der Waals surface area (Å²) in [6.07, 6.45) is 0.471. The molecule has 9 heteroatoms. The zero-order valence-corrected chi connectivity index (χ0v) is 16.7. The van der Waals surface area contributed by atoms with Crippen LogP contribution in [0.5, 0.6) is 5.75 Å². The summed E-state index contributed by atoms with van der Waals surface area (Å²) in [5, 5.41) is 12.9. The third kappa shape index (κ3) is 3.02. The number of pyridine rings is 1. The van der Waals surface area contributed by atoms with Gasteiger partial charge in [-0.15, -0.1) is 0 Å². The molecule has 0 amide bonds. The standard InChI is InChI=1S/C15H12ClIN5OP/c1-8-19-13-11(6-12(16)21-15(13)22(8)24-17)20-10-5-3-4-9(7-18)14(10)23-2/h3-6,24H,1-2H3,(H,20,21). The average molecular weight is 472 g/mol. The molecule has 3 rings (SSSR count). The first-order valence-corrected chi connectivity index (χ1v) is 11.3. The number of para-hydroxylation sites is 1. The molecule has 0 radical (unpaired) electrons. The van der Waals surface area contributed by atoms with E-state index >= 15 is 0 Å². The lowest BCUT2D eigenvalue weighted by molar-refractivity contribution is 0.415. The number of nitrogens with zero attached hydrogens (tertiary/aromatic N) is 4. The smallest absolute Gasteiger partial charge is 0.167 e. The van der Waals surface area contributed by atoms with E-state index in [-0.39, 0.29) is 0 Å². The van der Waals surface area contributed by atoms with Gasteiger partial charge in [-0.05, 0) is 41.1 Å². The molecule has 2 heterocycles. The first kappa shape index (κ1) is 17.2. The Morgan fingerprint density at radius 3 is 2.83 bits per heavy atom. The number of aromatic nitrogens is 3. The second-order valence-corrected chi connectivity index (χ2v) is 7.32. The SMILES string of the molecule is COc1c(C#N)cccc1Nc1cc(Cl)nc2c1nc(C)n2PI. The van der Waals surface area contributed by atoms with Gasteiger partial charge < -0.3 is 10.1 Å². The second-order valence-electron chi connectivity index (χ2n) is 4.87. The lowest BCUT2D eigenvalue weighted by Gasteiger charge is -2.13. The fourth-order valence-corrected chi connectivity index (χ4v) is 4.74. The maximum Gasteiger partial charge on any atom is 0.167 e. The molecular weight excluding hydrogens is 460 g/mol. The van der Waals surface area contributed by atoms with E-state index in [0.29, 0.717) is 28.5 Å². The van der Waals surface area contributed by atoms with Crippen molar-refractivity contribution in [3.63, 3.8) is 0 Å². The van der Waals surface area contributed by atoms with Gasteiger partial charge in [0.1, 0.15) is 22.6 Å². The van der Waals surface area contributed by atoms with Crippen LogP contribution in [0.4, 0.5) is 11.4 Å². The van der Waals surface area contributed by atoms with Crippen molar-refractivity contribution in [2.45, 2.75) is 6.92 Å². The summed E-state index contributed by atoms with van der Waals surface area (Å²) in [4.78, 5) is 8.99. The third-order valence-electron chi connectivity index (χ3n) is 3.45. The summed E-state index contributed by atoms with van der Waals surface area (Å²) in [7, 11) is 1.53. The van der Waals surface area contributed by atoms with Gasteiger partial charge in [-0.25, -0.2) is 9.97 Å². The summed E-state index contributed by atoms with van der Waals surface area (Å²) < 4.78 is 7.38. The van der Waals surface area contributed by atoms with Crippen LogP contribution in [0.3, 0.4) is 0 Å². The Bertz CT molecular complexity index is 969. The molecule has 0 spiro atoms. The van der Waals surface area contributed by atoms with E-state index in [9.17, 15) is 5.26 Å². The van der Waals surface area contributed by atoms with E-state index in [0.717, 1.165) is 22.7 Å². The number of nitrogens with one attached hydrogen (secondary N) is 1. The number of halogens is 2. The molecule has 0 aliphatic heterocycles. The van der Waals surface area contributed by atoms with Crippen molar-refractivity contribution in [1.29, 1.82) is 5.26 Å². The summed E-state index contributed by atoms with van der Waals surface area (Å²) in [6.45, 7) is 1.93. The van der Waals surface area contributed by atoms with Crippen LogP contribution in [0.1, 0.15) is 11.4 Å². The summed E-state index contributed by atoms with van der Waals surface area (Å²) in [5.74, 6) is 1.35. The molecule has 1 atom stereocenters. The summed E-state index contributed by atoms with van der Waals surface area (Å²) in [5.41, 5.74) is 3.30. The number of methoxy groups -OCH3 is 1. The molecule has 0 fully saturated rings. The topological polar surface area (TPSA) is 75.8 Å². The molecule has 0 bridgehead atoms. The maximum absolute atomic E-state index is 9.22. The van der Waals surface area contributed by atoms with E-state index in [1.54, 1.807) is 18.2 Å². The molecule has 0 saturated carbocycles. The van der Waals surface area contributed by atoms with Crippen molar-refractivity contribution in [3.05, 3.63) is 40.8 Å².